The van der Waals surface area contributed by atoms with Crippen molar-refractivity contribution in [3.63, 3.8) is 0 Å². The zero-order valence-corrected chi connectivity index (χ0v) is 9.23. The van der Waals surface area contributed by atoms with Gasteiger partial charge in [0.1, 0.15) is 0 Å². The Morgan fingerprint density at radius 3 is 2.93 bits per heavy atom. The molecule has 1 unspecified atom stereocenters. The van der Waals surface area contributed by atoms with Crippen molar-refractivity contribution < 1.29 is 4.79 Å². The fourth-order valence-electron chi connectivity index (χ4n) is 1.44. The maximum absolute atomic E-state index is 11.0. The van der Waals surface area contributed by atoms with Gasteiger partial charge < -0.3 is 11.1 Å². The normalized spacial score (nSPS) is 12.7. The summed E-state index contributed by atoms with van der Waals surface area (Å²) in [5.74, 6) is -0.305. The number of nitrogens with zero attached hydrogens (tertiary/aromatic N) is 2. The van der Waals surface area contributed by atoms with E-state index >= 15 is 0 Å². The van der Waals surface area contributed by atoms with Crippen LogP contribution in [-0.4, -0.2) is 28.3 Å². The van der Waals surface area contributed by atoms with Crippen molar-refractivity contribution >= 4 is 5.91 Å². The SMILES string of the molecule is CCNC(CCn1cc(C)cn1)C(N)=O. The van der Waals surface area contributed by atoms with Crippen molar-refractivity contribution in [3.05, 3.63) is 18.0 Å². The first-order valence-electron chi connectivity index (χ1n) is 5.15. The fraction of sp³-hybridized carbons (Fsp3) is 0.600. The minimum atomic E-state index is -0.305. The van der Waals surface area contributed by atoms with Gasteiger partial charge in [0.2, 0.25) is 5.91 Å². The third-order valence-corrected chi connectivity index (χ3v) is 2.20. The molecule has 0 radical (unpaired) electrons. The predicted molar refractivity (Wildman–Crippen MR) is 58.2 cm³/mol. The Labute approximate surface area is 89.6 Å². The second kappa shape index (κ2) is 5.50. The first-order valence-corrected chi connectivity index (χ1v) is 5.15. The van der Waals surface area contributed by atoms with Gasteiger partial charge >= 0.3 is 0 Å². The number of hydrogen-bond donors (Lipinski definition) is 2. The summed E-state index contributed by atoms with van der Waals surface area (Å²) in [6.45, 7) is 5.38. The predicted octanol–water partition coefficient (Wildman–Crippen LogP) is 0.0450. The minimum Gasteiger partial charge on any atom is -0.368 e. The average molecular weight is 210 g/mol. The van der Waals surface area contributed by atoms with Crippen molar-refractivity contribution in [1.82, 2.24) is 15.1 Å². The maximum Gasteiger partial charge on any atom is 0.234 e. The van der Waals surface area contributed by atoms with Crippen LogP contribution >= 0.6 is 0 Å². The van der Waals surface area contributed by atoms with Crippen molar-refractivity contribution in [2.75, 3.05) is 6.54 Å². The molecule has 0 fully saturated rings. The number of nitrogens with two attached hydrogens (primary N) is 1. The van der Waals surface area contributed by atoms with Crippen molar-refractivity contribution in [1.29, 1.82) is 0 Å². The summed E-state index contributed by atoms with van der Waals surface area (Å²) >= 11 is 0. The Morgan fingerprint density at radius 1 is 1.73 bits per heavy atom. The van der Waals surface area contributed by atoms with Crippen LogP contribution in [0.3, 0.4) is 0 Å². The molecular weight excluding hydrogens is 192 g/mol. The monoisotopic (exact) mass is 210 g/mol. The molecule has 3 N–H and O–H groups in total. The van der Waals surface area contributed by atoms with Crippen LogP contribution < -0.4 is 11.1 Å². The van der Waals surface area contributed by atoms with Gasteiger partial charge in [-0.2, -0.15) is 5.10 Å². The summed E-state index contributed by atoms with van der Waals surface area (Å²) in [5, 5.41) is 7.19. The van der Waals surface area contributed by atoms with Crippen LogP contribution in [0.2, 0.25) is 0 Å². The summed E-state index contributed by atoms with van der Waals surface area (Å²) < 4.78 is 1.82. The standard InChI is InChI=1S/C10H18N4O/c1-3-12-9(10(11)15)4-5-14-7-8(2)6-13-14/h6-7,9,12H,3-5H2,1-2H3,(H2,11,15). The molecule has 1 aromatic rings. The molecule has 5 nitrogen and oxygen atoms in total. The van der Waals surface area contributed by atoms with Gasteiger partial charge in [-0.1, -0.05) is 6.92 Å². The van der Waals surface area contributed by atoms with Crippen LogP contribution in [-0.2, 0) is 11.3 Å². The lowest BCUT2D eigenvalue weighted by Gasteiger charge is -2.13. The maximum atomic E-state index is 11.0. The molecule has 0 aromatic carbocycles. The van der Waals surface area contributed by atoms with Gasteiger partial charge in [-0.25, -0.2) is 0 Å². The Bertz CT molecular complexity index is 321. The number of primary amides is 1. The van der Waals surface area contributed by atoms with E-state index in [9.17, 15) is 4.79 Å². The molecule has 0 saturated carbocycles. The van der Waals surface area contributed by atoms with Crippen LogP contribution in [0, 0.1) is 6.92 Å². The summed E-state index contributed by atoms with van der Waals surface area (Å²) in [6.07, 6.45) is 4.42. The molecule has 0 bridgehead atoms. The van der Waals surface area contributed by atoms with E-state index in [4.69, 9.17) is 5.73 Å². The van der Waals surface area contributed by atoms with Gasteiger partial charge in [0.25, 0.3) is 0 Å². The Balaban J connectivity index is 2.43. The Hall–Kier alpha value is -1.36. The van der Waals surface area contributed by atoms with E-state index < -0.39 is 0 Å². The van der Waals surface area contributed by atoms with E-state index in [-0.39, 0.29) is 11.9 Å². The quantitative estimate of drug-likeness (QED) is 0.696. The lowest BCUT2D eigenvalue weighted by atomic mass is 10.2. The van der Waals surface area contributed by atoms with Crippen LogP contribution in [0.1, 0.15) is 18.9 Å². The van der Waals surface area contributed by atoms with Crippen molar-refractivity contribution in [3.8, 4) is 0 Å². The molecule has 84 valence electrons. The molecule has 0 saturated heterocycles. The van der Waals surface area contributed by atoms with Crippen LogP contribution in [0.4, 0.5) is 0 Å². The smallest absolute Gasteiger partial charge is 0.234 e. The van der Waals surface area contributed by atoms with Crippen molar-refractivity contribution in [2.45, 2.75) is 32.9 Å². The topological polar surface area (TPSA) is 72.9 Å². The number of amides is 1. The van der Waals surface area contributed by atoms with Gasteiger partial charge in [0, 0.05) is 12.7 Å². The van der Waals surface area contributed by atoms with E-state index in [2.05, 4.69) is 10.4 Å². The second-order valence-electron chi connectivity index (χ2n) is 3.58. The van der Waals surface area contributed by atoms with E-state index in [1.165, 1.54) is 0 Å². The molecule has 0 spiro atoms. The van der Waals surface area contributed by atoms with Gasteiger partial charge in [-0.15, -0.1) is 0 Å². The highest BCUT2D eigenvalue weighted by Crippen LogP contribution is 1.98. The lowest BCUT2D eigenvalue weighted by molar-refractivity contribution is -0.120. The molecule has 0 aliphatic rings. The highest BCUT2D eigenvalue weighted by molar-refractivity contribution is 5.79. The molecule has 0 aliphatic heterocycles. The minimum absolute atomic E-state index is 0.264. The number of aryl methyl sites for hydroxylation is 2. The molecule has 1 heterocycles. The number of rotatable bonds is 6. The summed E-state index contributed by atoms with van der Waals surface area (Å²) in [5.41, 5.74) is 6.38. The first kappa shape index (κ1) is 11.7. The Kier molecular flexibility index (Phi) is 4.30. The van der Waals surface area contributed by atoms with E-state index in [1.54, 1.807) is 6.20 Å². The zero-order valence-electron chi connectivity index (χ0n) is 9.23. The van der Waals surface area contributed by atoms with E-state index in [0.717, 1.165) is 12.1 Å². The van der Waals surface area contributed by atoms with E-state index in [0.29, 0.717) is 13.0 Å². The first-order chi connectivity index (χ1) is 7.13. The van der Waals surface area contributed by atoms with Gasteiger partial charge in [0.15, 0.2) is 0 Å². The number of aromatic nitrogens is 2. The number of carbonyl (C=O) groups is 1. The molecular formula is C10H18N4O. The molecule has 0 aliphatic carbocycles. The van der Waals surface area contributed by atoms with E-state index in [1.807, 2.05) is 24.7 Å². The average Bonchev–Trinajstić information content (AvgIpc) is 2.58. The van der Waals surface area contributed by atoms with Gasteiger partial charge in [-0.3, -0.25) is 9.48 Å². The third-order valence-electron chi connectivity index (χ3n) is 2.20. The van der Waals surface area contributed by atoms with Gasteiger partial charge in [0.05, 0.1) is 12.2 Å². The van der Waals surface area contributed by atoms with Crippen LogP contribution in [0.5, 0.6) is 0 Å². The molecule has 1 atom stereocenters. The van der Waals surface area contributed by atoms with Crippen LogP contribution in [0.15, 0.2) is 12.4 Å². The Morgan fingerprint density at radius 2 is 2.47 bits per heavy atom. The summed E-state index contributed by atoms with van der Waals surface area (Å²) in [6, 6.07) is -0.264. The number of nitrogens with one attached hydrogen (secondary N) is 1. The molecule has 5 heteroatoms. The number of hydrogen-bond acceptors (Lipinski definition) is 3. The number of likely N-dealkylation sites (N-methyl/N-ethyl adjacent to an activating group) is 1. The number of carbonyl (C=O) groups excluding carboxylic acids is 1. The second-order valence-corrected chi connectivity index (χ2v) is 3.58. The highest BCUT2D eigenvalue weighted by Gasteiger charge is 2.13. The van der Waals surface area contributed by atoms with Crippen LogP contribution in [0.25, 0.3) is 0 Å². The zero-order chi connectivity index (χ0) is 11.3. The molecule has 1 aromatic heterocycles. The van der Waals surface area contributed by atoms with Gasteiger partial charge in [-0.05, 0) is 25.5 Å². The third kappa shape index (κ3) is 3.71. The fourth-order valence-corrected chi connectivity index (χ4v) is 1.44. The summed E-state index contributed by atoms with van der Waals surface area (Å²) in [4.78, 5) is 11.0. The van der Waals surface area contributed by atoms with Crippen molar-refractivity contribution in [2.24, 2.45) is 5.73 Å². The summed E-state index contributed by atoms with van der Waals surface area (Å²) in [7, 11) is 0. The highest BCUT2D eigenvalue weighted by atomic mass is 16.1. The molecule has 15 heavy (non-hydrogen) atoms. The molecule has 1 rings (SSSR count). The lowest BCUT2D eigenvalue weighted by Crippen LogP contribution is -2.41. The molecule has 1 amide bonds. The largest absolute Gasteiger partial charge is 0.368 e.